The number of sulfonamides is 1. The van der Waals surface area contributed by atoms with Crippen molar-refractivity contribution >= 4 is 27.6 Å². The largest absolute Gasteiger partial charge is 0.370 e. The number of nitrogens with zero attached hydrogens (tertiary/aromatic N) is 2. The van der Waals surface area contributed by atoms with Crippen molar-refractivity contribution in [2.24, 2.45) is 27.2 Å². The van der Waals surface area contributed by atoms with Crippen LogP contribution in [0.2, 0.25) is 0 Å². The number of hydrogen-bond acceptors (Lipinski definition) is 3. The van der Waals surface area contributed by atoms with Crippen molar-refractivity contribution in [3.8, 4) is 0 Å². The molecule has 0 spiro atoms. The Balaban J connectivity index is 2.85. The summed E-state index contributed by atoms with van der Waals surface area (Å²) in [6.45, 7) is 2.40. The number of rotatable bonds is 6. The van der Waals surface area contributed by atoms with E-state index in [0.717, 1.165) is 12.8 Å². The molecular formula is C12H20N6O2S. The van der Waals surface area contributed by atoms with Crippen LogP contribution in [0.4, 0.5) is 5.69 Å². The molecule has 21 heavy (non-hydrogen) atoms. The van der Waals surface area contributed by atoms with Gasteiger partial charge in [0.2, 0.25) is 16.0 Å². The number of hydrogen-bond donors (Lipinski definition) is 4. The van der Waals surface area contributed by atoms with Crippen LogP contribution in [0, 0.1) is 0 Å². The zero-order valence-electron chi connectivity index (χ0n) is 11.8. The van der Waals surface area contributed by atoms with E-state index in [0.29, 0.717) is 12.2 Å². The van der Waals surface area contributed by atoms with Crippen molar-refractivity contribution in [1.29, 1.82) is 0 Å². The van der Waals surface area contributed by atoms with E-state index in [1.54, 1.807) is 0 Å². The van der Waals surface area contributed by atoms with E-state index >= 15 is 0 Å². The van der Waals surface area contributed by atoms with Crippen LogP contribution in [-0.4, -0.2) is 26.9 Å². The van der Waals surface area contributed by atoms with E-state index < -0.39 is 10.0 Å². The molecule has 0 radical (unpaired) electrons. The lowest BCUT2D eigenvalue weighted by Gasteiger charge is -2.06. The molecule has 0 fully saturated rings. The highest BCUT2D eigenvalue weighted by Gasteiger charge is 2.12. The van der Waals surface area contributed by atoms with Gasteiger partial charge in [0.25, 0.3) is 0 Å². The minimum atomic E-state index is -3.49. The Morgan fingerprint density at radius 1 is 1.19 bits per heavy atom. The van der Waals surface area contributed by atoms with E-state index in [2.05, 4.69) is 14.7 Å². The number of nitrogens with one attached hydrogen (secondary N) is 1. The lowest BCUT2D eigenvalue weighted by Crippen LogP contribution is -2.26. The molecule has 1 aromatic carbocycles. The van der Waals surface area contributed by atoms with E-state index in [9.17, 15) is 8.42 Å². The first-order valence-electron chi connectivity index (χ1n) is 6.38. The van der Waals surface area contributed by atoms with Crippen LogP contribution >= 0.6 is 0 Å². The maximum absolute atomic E-state index is 12.0. The molecular weight excluding hydrogens is 292 g/mol. The second-order valence-electron chi connectivity index (χ2n) is 4.25. The molecule has 0 saturated heterocycles. The fraction of sp³-hybridized carbons (Fsp3) is 0.333. The predicted molar refractivity (Wildman–Crippen MR) is 83.6 cm³/mol. The summed E-state index contributed by atoms with van der Waals surface area (Å²) in [7, 11) is -3.49. The van der Waals surface area contributed by atoms with Crippen LogP contribution in [0.1, 0.15) is 19.8 Å². The topological polar surface area (TPSA) is 149 Å². The molecule has 1 aromatic rings. The van der Waals surface area contributed by atoms with Gasteiger partial charge < -0.3 is 17.2 Å². The van der Waals surface area contributed by atoms with Crippen LogP contribution < -0.4 is 21.9 Å². The van der Waals surface area contributed by atoms with E-state index in [1.165, 1.54) is 24.3 Å². The van der Waals surface area contributed by atoms with Crippen molar-refractivity contribution in [2.45, 2.75) is 24.7 Å². The van der Waals surface area contributed by atoms with Crippen LogP contribution in [-0.2, 0) is 10.0 Å². The highest BCUT2D eigenvalue weighted by atomic mass is 32.2. The number of aliphatic imine (C=N–C) groups is 2. The first-order chi connectivity index (χ1) is 9.85. The van der Waals surface area contributed by atoms with Crippen molar-refractivity contribution in [1.82, 2.24) is 4.72 Å². The Morgan fingerprint density at radius 3 is 2.33 bits per heavy atom. The second-order valence-corrected chi connectivity index (χ2v) is 6.02. The van der Waals surface area contributed by atoms with Gasteiger partial charge in [-0.1, -0.05) is 13.3 Å². The van der Waals surface area contributed by atoms with Gasteiger partial charge in [0.05, 0.1) is 10.6 Å². The normalized spacial score (nSPS) is 12.1. The van der Waals surface area contributed by atoms with Gasteiger partial charge in [-0.25, -0.2) is 18.1 Å². The van der Waals surface area contributed by atoms with Gasteiger partial charge in [-0.2, -0.15) is 4.99 Å². The summed E-state index contributed by atoms with van der Waals surface area (Å²) in [6, 6.07) is 5.92. The Kier molecular flexibility index (Phi) is 6.12. The van der Waals surface area contributed by atoms with Crippen molar-refractivity contribution in [2.75, 3.05) is 6.54 Å². The SMILES string of the molecule is CCCCNS(=O)(=O)c1ccc(N=C(N)N=C(N)N)cc1. The minimum absolute atomic E-state index is 0.105. The van der Waals surface area contributed by atoms with E-state index in [-0.39, 0.29) is 16.8 Å². The van der Waals surface area contributed by atoms with Crippen LogP contribution in [0.15, 0.2) is 39.1 Å². The molecule has 116 valence electrons. The van der Waals surface area contributed by atoms with Crippen LogP contribution in [0.25, 0.3) is 0 Å². The highest BCUT2D eigenvalue weighted by molar-refractivity contribution is 7.89. The Labute approximate surface area is 124 Å². The van der Waals surface area contributed by atoms with Crippen molar-refractivity contribution in [3.63, 3.8) is 0 Å². The monoisotopic (exact) mass is 312 g/mol. The van der Waals surface area contributed by atoms with Crippen LogP contribution in [0.3, 0.4) is 0 Å². The molecule has 0 saturated carbocycles. The summed E-state index contributed by atoms with van der Waals surface area (Å²) in [5, 5.41) is 0. The number of guanidine groups is 2. The lowest BCUT2D eigenvalue weighted by molar-refractivity contribution is 0.578. The third kappa shape index (κ3) is 5.79. The minimum Gasteiger partial charge on any atom is -0.370 e. The Morgan fingerprint density at radius 2 is 1.81 bits per heavy atom. The maximum Gasteiger partial charge on any atom is 0.240 e. The van der Waals surface area contributed by atoms with Gasteiger partial charge in [0, 0.05) is 6.54 Å². The third-order valence-corrected chi connectivity index (χ3v) is 3.93. The molecule has 8 nitrogen and oxygen atoms in total. The standard InChI is InChI=1S/C12H20N6O2S/c1-2-3-8-16-21(19,20)10-6-4-9(5-7-10)17-12(15)18-11(13)14/h4-7,16H,2-3,8H2,1H3,(H6,13,14,15,17,18). The van der Waals surface area contributed by atoms with Crippen LogP contribution in [0.5, 0.6) is 0 Å². The average Bonchev–Trinajstić information content (AvgIpc) is 2.38. The average molecular weight is 312 g/mol. The van der Waals surface area contributed by atoms with E-state index in [1.807, 2.05) is 6.92 Å². The summed E-state index contributed by atoms with van der Waals surface area (Å²) < 4.78 is 26.4. The molecule has 0 aromatic heterocycles. The molecule has 0 heterocycles. The molecule has 0 amide bonds. The smallest absolute Gasteiger partial charge is 0.240 e. The molecule has 1 rings (SSSR count). The van der Waals surface area contributed by atoms with Gasteiger partial charge in [0.15, 0.2) is 5.96 Å². The lowest BCUT2D eigenvalue weighted by atomic mass is 10.3. The second kappa shape index (κ2) is 7.60. The molecule has 0 atom stereocenters. The maximum atomic E-state index is 12.0. The third-order valence-electron chi connectivity index (χ3n) is 2.46. The zero-order chi connectivity index (χ0) is 15.9. The Hall–Kier alpha value is -2.13. The zero-order valence-corrected chi connectivity index (χ0v) is 12.6. The van der Waals surface area contributed by atoms with Gasteiger partial charge in [-0.05, 0) is 30.7 Å². The van der Waals surface area contributed by atoms with Crippen molar-refractivity contribution in [3.05, 3.63) is 24.3 Å². The first-order valence-corrected chi connectivity index (χ1v) is 7.87. The number of unbranched alkanes of at least 4 members (excludes halogenated alkanes) is 1. The highest BCUT2D eigenvalue weighted by Crippen LogP contribution is 2.16. The molecule has 0 bridgehead atoms. The Bertz CT molecular complexity index is 618. The number of benzene rings is 1. The molecule has 9 heteroatoms. The quantitative estimate of drug-likeness (QED) is 0.331. The van der Waals surface area contributed by atoms with Gasteiger partial charge in [0.1, 0.15) is 0 Å². The summed E-state index contributed by atoms with van der Waals surface area (Å²) in [6.07, 6.45) is 1.71. The van der Waals surface area contributed by atoms with Gasteiger partial charge in [-0.3, -0.25) is 0 Å². The van der Waals surface area contributed by atoms with E-state index in [4.69, 9.17) is 17.2 Å². The predicted octanol–water partition coefficient (Wildman–Crippen LogP) is -0.0154. The fourth-order valence-corrected chi connectivity index (χ4v) is 2.53. The first kappa shape index (κ1) is 16.9. The van der Waals surface area contributed by atoms with Crippen molar-refractivity contribution < 1.29 is 8.42 Å². The number of nitrogens with two attached hydrogens (primary N) is 3. The molecule has 0 unspecified atom stereocenters. The molecule has 0 aliphatic heterocycles. The molecule has 0 aliphatic carbocycles. The fourth-order valence-electron chi connectivity index (χ4n) is 1.46. The summed E-state index contributed by atoms with van der Waals surface area (Å²) >= 11 is 0. The summed E-state index contributed by atoms with van der Waals surface area (Å²) in [5.41, 5.74) is 16.3. The van der Waals surface area contributed by atoms with Gasteiger partial charge in [-0.15, -0.1) is 0 Å². The summed E-state index contributed by atoms with van der Waals surface area (Å²) in [4.78, 5) is 7.66. The molecule has 0 aliphatic rings. The summed E-state index contributed by atoms with van der Waals surface area (Å²) in [5.74, 6) is -0.303. The van der Waals surface area contributed by atoms with Gasteiger partial charge >= 0.3 is 0 Å². The molecule has 7 N–H and O–H groups in total.